The molecule has 1 aromatic heterocycles. The molecule has 2 aromatic rings. The Bertz CT molecular complexity index is 427. The highest BCUT2D eigenvalue weighted by Gasteiger charge is 1.96. The first-order valence-corrected chi connectivity index (χ1v) is 6.59. The average Bonchev–Trinajstić information content (AvgIpc) is 2.84. The number of halogens is 1. The third-order valence-corrected chi connectivity index (χ3v) is 3.23. The first-order valence-electron chi connectivity index (χ1n) is 5.44. The van der Waals surface area contributed by atoms with Crippen molar-refractivity contribution in [3.8, 4) is 0 Å². The Morgan fingerprint density at radius 1 is 1.18 bits per heavy atom. The van der Waals surface area contributed by atoms with Gasteiger partial charge in [0.1, 0.15) is 11.6 Å². The van der Waals surface area contributed by atoms with E-state index in [0.29, 0.717) is 0 Å². The van der Waals surface area contributed by atoms with Gasteiger partial charge < -0.3 is 9.73 Å². The summed E-state index contributed by atoms with van der Waals surface area (Å²) in [5.41, 5.74) is 0.949. The number of thioether (sulfide) groups is 1. The van der Waals surface area contributed by atoms with Gasteiger partial charge in [-0.1, -0.05) is 0 Å². The van der Waals surface area contributed by atoms with E-state index >= 15 is 0 Å². The lowest BCUT2D eigenvalue weighted by Crippen LogP contribution is -2.03. The van der Waals surface area contributed by atoms with Crippen LogP contribution in [0.4, 0.5) is 10.1 Å². The molecule has 1 heterocycles. The minimum Gasteiger partial charge on any atom is -0.468 e. The van der Waals surface area contributed by atoms with Gasteiger partial charge in [0.25, 0.3) is 0 Å². The summed E-state index contributed by atoms with van der Waals surface area (Å²) in [5, 5.41) is 3.23. The lowest BCUT2D eigenvalue weighted by molar-refractivity contribution is 0.530. The molecule has 0 aliphatic carbocycles. The van der Waals surface area contributed by atoms with Crippen molar-refractivity contribution in [3.05, 3.63) is 54.2 Å². The molecule has 2 nitrogen and oxygen atoms in total. The molecule has 0 spiro atoms. The smallest absolute Gasteiger partial charge is 0.123 e. The molecule has 1 N–H and O–H groups in total. The fourth-order valence-electron chi connectivity index (χ4n) is 1.40. The van der Waals surface area contributed by atoms with Crippen LogP contribution in [0.25, 0.3) is 0 Å². The van der Waals surface area contributed by atoms with Crippen LogP contribution in [0.1, 0.15) is 5.76 Å². The van der Waals surface area contributed by atoms with Gasteiger partial charge in [0, 0.05) is 18.0 Å². The van der Waals surface area contributed by atoms with Gasteiger partial charge in [-0.25, -0.2) is 4.39 Å². The van der Waals surface area contributed by atoms with Crippen LogP contribution in [-0.4, -0.2) is 12.3 Å². The number of anilines is 1. The summed E-state index contributed by atoms with van der Waals surface area (Å²) in [6, 6.07) is 10.3. The van der Waals surface area contributed by atoms with Crippen molar-refractivity contribution in [1.29, 1.82) is 0 Å². The first-order chi connectivity index (χ1) is 8.34. The fraction of sp³-hybridized carbons (Fsp3) is 0.231. The number of furan rings is 1. The summed E-state index contributed by atoms with van der Waals surface area (Å²) in [6.07, 6.45) is 1.69. The highest BCUT2D eigenvalue weighted by atomic mass is 32.2. The van der Waals surface area contributed by atoms with Gasteiger partial charge in [-0.3, -0.25) is 0 Å². The van der Waals surface area contributed by atoms with Crippen molar-refractivity contribution >= 4 is 17.4 Å². The molecule has 0 unspecified atom stereocenters. The number of hydrogen-bond acceptors (Lipinski definition) is 3. The highest BCUT2D eigenvalue weighted by molar-refractivity contribution is 7.98. The van der Waals surface area contributed by atoms with E-state index in [9.17, 15) is 4.39 Å². The summed E-state index contributed by atoms with van der Waals surface area (Å²) in [6.45, 7) is 0.858. The first kappa shape index (κ1) is 12.0. The quantitative estimate of drug-likeness (QED) is 0.791. The normalized spacial score (nSPS) is 10.4. The molecule has 90 valence electrons. The highest BCUT2D eigenvalue weighted by Crippen LogP contribution is 2.13. The third-order valence-electron chi connectivity index (χ3n) is 2.24. The van der Waals surface area contributed by atoms with E-state index in [4.69, 9.17) is 4.42 Å². The average molecular weight is 251 g/mol. The second-order valence-electron chi connectivity index (χ2n) is 3.57. The van der Waals surface area contributed by atoms with Crippen LogP contribution < -0.4 is 5.32 Å². The monoisotopic (exact) mass is 251 g/mol. The second kappa shape index (κ2) is 6.35. The Balaban J connectivity index is 1.61. The molecule has 0 saturated heterocycles. The molecule has 0 radical (unpaired) electrons. The molecule has 17 heavy (non-hydrogen) atoms. The lowest BCUT2D eigenvalue weighted by Gasteiger charge is -2.05. The van der Waals surface area contributed by atoms with Gasteiger partial charge >= 0.3 is 0 Å². The molecule has 0 aliphatic rings. The second-order valence-corrected chi connectivity index (χ2v) is 4.67. The van der Waals surface area contributed by atoms with Crippen LogP contribution in [0.15, 0.2) is 47.1 Å². The van der Waals surface area contributed by atoms with Gasteiger partial charge in [-0.2, -0.15) is 11.8 Å². The van der Waals surface area contributed by atoms with Crippen LogP contribution in [0.2, 0.25) is 0 Å². The van der Waals surface area contributed by atoms with Crippen LogP contribution in [0, 0.1) is 5.82 Å². The van der Waals surface area contributed by atoms with Crippen molar-refractivity contribution in [2.45, 2.75) is 5.75 Å². The standard InChI is InChI=1S/C13H14FNOS/c14-11-3-5-12(6-4-11)15-7-9-17-10-13-2-1-8-16-13/h1-6,8,15H,7,9-10H2. The molecule has 0 bridgehead atoms. The molecular weight excluding hydrogens is 237 g/mol. The Morgan fingerprint density at radius 2 is 2.00 bits per heavy atom. The lowest BCUT2D eigenvalue weighted by atomic mass is 10.3. The zero-order chi connectivity index (χ0) is 11.9. The SMILES string of the molecule is Fc1ccc(NCCSCc2ccco2)cc1. The van der Waals surface area contributed by atoms with Crippen molar-refractivity contribution in [2.24, 2.45) is 0 Å². The van der Waals surface area contributed by atoms with E-state index in [-0.39, 0.29) is 5.82 Å². The zero-order valence-corrected chi connectivity index (χ0v) is 10.2. The molecular formula is C13H14FNOS. The maximum Gasteiger partial charge on any atom is 0.123 e. The van der Waals surface area contributed by atoms with Gasteiger partial charge in [0.05, 0.1) is 12.0 Å². The van der Waals surface area contributed by atoms with Gasteiger partial charge in [-0.15, -0.1) is 0 Å². The number of nitrogens with one attached hydrogen (secondary N) is 1. The van der Waals surface area contributed by atoms with Gasteiger partial charge in [0.2, 0.25) is 0 Å². The largest absolute Gasteiger partial charge is 0.468 e. The van der Waals surface area contributed by atoms with Crippen molar-refractivity contribution < 1.29 is 8.81 Å². The van der Waals surface area contributed by atoms with E-state index in [2.05, 4.69) is 5.32 Å². The fourth-order valence-corrected chi connectivity index (χ4v) is 2.16. The minimum absolute atomic E-state index is 0.206. The summed E-state index contributed by atoms with van der Waals surface area (Å²) >= 11 is 1.80. The Labute approximate surface area is 104 Å². The molecule has 0 fully saturated rings. The van der Waals surface area contributed by atoms with Gasteiger partial charge in [0.15, 0.2) is 0 Å². The summed E-state index contributed by atoms with van der Waals surface area (Å²) in [4.78, 5) is 0. The molecule has 0 saturated carbocycles. The van der Waals surface area contributed by atoms with Crippen LogP contribution in [-0.2, 0) is 5.75 Å². The molecule has 2 rings (SSSR count). The predicted octanol–water partition coefficient (Wildman–Crippen LogP) is 3.76. The maximum absolute atomic E-state index is 12.6. The van der Waals surface area contributed by atoms with E-state index < -0.39 is 0 Å². The van der Waals surface area contributed by atoms with Crippen molar-refractivity contribution in [1.82, 2.24) is 0 Å². The summed E-state index contributed by atoms with van der Waals surface area (Å²) in [7, 11) is 0. The van der Waals surface area contributed by atoms with Crippen molar-refractivity contribution in [3.63, 3.8) is 0 Å². The maximum atomic E-state index is 12.6. The molecule has 0 aliphatic heterocycles. The topological polar surface area (TPSA) is 25.2 Å². The minimum atomic E-state index is -0.206. The van der Waals surface area contributed by atoms with E-state index in [0.717, 1.165) is 29.5 Å². The van der Waals surface area contributed by atoms with Crippen molar-refractivity contribution in [2.75, 3.05) is 17.6 Å². The number of benzene rings is 1. The number of hydrogen-bond donors (Lipinski definition) is 1. The van der Waals surface area contributed by atoms with E-state index in [1.807, 2.05) is 12.1 Å². The number of rotatable bonds is 6. The molecule has 4 heteroatoms. The van der Waals surface area contributed by atoms with Crippen LogP contribution in [0.3, 0.4) is 0 Å². The predicted molar refractivity (Wildman–Crippen MR) is 69.8 cm³/mol. The van der Waals surface area contributed by atoms with E-state index in [1.54, 1.807) is 30.2 Å². The molecule has 0 atom stereocenters. The third kappa shape index (κ3) is 4.15. The van der Waals surface area contributed by atoms with Gasteiger partial charge in [-0.05, 0) is 36.4 Å². The Kier molecular flexibility index (Phi) is 4.50. The summed E-state index contributed by atoms with van der Waals surface area (Å²) in [5.74, 6) is 2.66. The van der Waals surface area contributed by atoms with E-state index in [1.165, 1.54) is 12.1 Å². The zero-order valence-electron chi connectivity index (χ0n) is 9.36. The molecule has 0 amide bonds. The Hall–Kier alpha value is -1.42. The Morgan fingerprint density at radius 3 is 2.71 bits per heavy atom. The van der Waals surface area contributed by atoms with Crippen LogP contribution >= 0.6 is 11.8 Å². The van der Waals surface area contributed by atoms with Crippen LogP contribution in [0.5, 0.6) is 0 Å². The molecule has 1 aromatic carbocycles. The summed E-state index contributed by atoms with van der Waals surface area (Å²) < 4.78 is 17.9.